The number of nitrogens with zero attached hydrogens (tertiary/aromatic N) is 1. The predicted octanol–water partition coefficient (Wildman–Crippen LogP) is 2.40. The number of nitrogens with one attached hydrogen (secondary N) is 1. The zero-order chi connectivity index (χ0) is 14.6. The maximum Gasteiger partial charge on any atom is 0.254 e. The minimum atomic E-state index is -0.254. The van der Waals surface area contributed by atoms with Gasteiger partial charge in [0.1, 0.15) is 0 Å². The number of amides is 2. The van der Waals surface area contributed by atoms with Crippen LogP contribution in [0.4, 0.5) is 0 Å². The van der Waals surface area contributed by atoms with E-state index < -0.39 is 0 Å². The standard InChI is InChI=1S/C13H16ClIN2O2/c1-8(12(18)16-2)7-17(3)13(19)10-6-9(14)4-5-11(10)15/h4-6,8H,7H2,1-3H3,(H,16,18). The SMILES string of the molecule is CNC(=O)C(C)CN(C)C(=O)c1cc(Cl)ccc1I. The molecular weight excluding hydrogens is 379 g/mol. The lowest BCUT2D eigenvalue weighted by Gasteiger charge is -2.21. The summed E-state index contributed by atoms with van der Waals surface area (Å²) in [4.78, 5) is 25.3. The van der Waals surface area contributed by atoms with Crippen molar-refractivity contribution in [1.29, 1.82) is 0 Å². The lowest BCUT2D eigenvalue weighted by atomic mass is 10.1. The van der Waals surface area contributed by atoms with Gasteiger partial charge in [0, 0.05) is 29.2 Å². The molecule has 0 saturated heterocycles. The van der Waals surface area contributed by atoms with Gasteiger partial charge in [-0.25, -0.2) is 0 Å². The van der Waals surface area contributed by atoms with Gasteiger partial charge in [0.05, 0.1) is 11.5 Å². The highest BCUT2D eigenvalue weighted by atomic mass is 127. The molecule has 0 bridgehead atoms. The summed E-state index contributed by atoms with van der Waals surface area (Å²) in [6.45, 7) is 2.15. The molecule has 2 amide bonds. The van der Waals surface area contributed by atoms with Crippen molar-refractivity contribution in [3.63, 3.8) is 0 Å². The molecule has 104 valence electrons. The van der Waals surface area contributed by atoms with E-state index in [1.807, 2.05) is 0 Å². The number of carbonyl (C=O) groups is 2. The summed E-state index contributed by atoms with van der Waals surface area (Å²) >= 11 is 8.00. The molecule has 0 aliphatic rings. The molecule has 0 radical (unpaired) electrons. The Morgan fingerprint density at radius 1 is 1.47 bits per heavy atom. The Morgan fingerprint density at radius 3 is 2.68 bits per heavy atom. The number of carbonyl (C=O) groups excluding carboxylic acids is 2. The number of hydrogen-bond donors (Lipinski definition) is 1. The Morgan fingerprint density at radius 2 is 2.11 bits per heavy atom. The molecule has 0 heterocycles. The van der Waals surface area contributed by atoms with Crippen LogP contribution < -0.4 is 5.32 Å². The average Bonchev–Trinajstić information content (AvgIpc) is 2.39. The van der Waals surface area contributed by atoms with Crippen molar-refractivity contribution in [2.24, 2.45) is 5.92 Å². The second-order valence-corrected chi connectivity index (χ2v) is 5.92. The molecule has 0 spiro atoms. The van der Waals surface area contributed by atoms with E-state index in [1.165, 1.54) is 4.90 Å². The van der Waals surface area contributed by atoms with E-state index in [-0.39, 0.29) is 17.7 Å². The highest BCUT2D eigenvalue weighted by Crippen LogP contribution is 2.19. The molecule has 1 aromatic carbocycles. The zero-order valence-corrected chi connectivity index (χ0v) is 13.9. The zero-order valence-electron chi connectivity index (χ0n) is 11.0. The van der Waals surface area contributed by atoms with E-state index in [9.17, 15) is 9.59 Å². The summed E-state index contributed by atoms with van der Waals surface area (Å²) in [5, 5.41) is 3.09. The fraction of sp³-hybridized carbons (Fsp3) is 0.385. The van der Waals surface area contributed by atoms with Crippen molar-refractivity contribution in [3.8, 4) is 0 Å². The third-order valence-electron chi connectivity index (χ3n) is 2.75. The Bertz CT molecular complexity index is 494. The van der Waals surface area contributed by atoms with Gasteiger partial charge in [-0.2, -0.15) is 0 Å². The van der Waals surface area contributed by atoms with Gasteiger partial charge in [0.2, 0.25) is 5.91 Å². The van der Waals surface area contributed by atoms with Crippen LogP contribution in [0, 0.1) is 9.49 Å². The van der Waals surface area contributed by atoms with Gasteiger partial charge >= 0.3 is 0 Å². The van der Waals surface area contributed by atoms with Crippen LogP contribution in [-0.2, 0) is 4.79 Å². The predicted molar refractivity (Wildman–Crippen MR) is 84.4 cm³/mol. The summed E-state index contributed by atoms with van der Waals surface area (Å²) in [6, 6.07) is 5.19. The maximum atomic E-state index is 12.3. The van der Waals surface area contributed by atoms with Crippen LogP contribution >= 0.6 is 34.2 Å². The van der Waals surface area contributed by atoms with Crippen LogP contribution in [0.2, 0.25) is 5.02 Å². The van der Waals surface area contributed by atoms with E-state index in [1.54, 1.807) is 39.2 Å². The fourth-order valence-electron chi connectivity index (χ4n) is 1.69. The summed E-state index contributed by atoms with van der Waals surface area (Å²) in [5.74, 6) is -0.473. The molecule has 6 heteroatoms. The highest BCUT2D eigenvalue weighted by molar-refractivity contribution is 14.1. The monoisotopic (exact) mass is 394 g/mol. The lowest BCUT2D eigenvalue weighted by Crippen LogP contribution is -2.37. The molecule has 1 rings (SSSR count). The summed E-state index contributed by atoms with van der Waals surface area (Å²) in [6.07, 6.45) is 0. The molecule has 1 unspecified atom stereocenters. The van der Waals surface area contributed by atoms with Crippen LogP contribution in [0.5, 0.6) is 0 Å². The normalized spacial score (nSPS) is 11.8. The molecule has 0 fully saturated rings. The average molecular weight is 395 g/mol. The summed E-state index contributed by atoms with van der Waals surface area (Å²) in [5.41, 5.74) is 0.555. The first kappa shape index (κ1) is 16.2. The number of benzene rings is 1. The van der Waals surface area contributed by atoms with Crippen LogP contribution in [0.15, 0.2) is 18.2 Å². The summed E-state index contributed by atoms with van der Waals surface area (Å²) < 4.78 is 0.839. The van der Waals surface area contributed by atoms with Crippen molar-refractivity contribution in [2.45, 2.75) is 6.92 Å². The molecule has 1 N–H and O–H groups in total. The molecule has 19 heavy (non-hydrogen) atoms. The van der Waals surface area contributed by atoms with Gasteiger partial charge in [0.25, 0.3) is 5.91 Å². The van der Waals surface area contributed by atoms with E-state index >= 15 is 0 Å². The minimum absolute atomic E-state index is 0.0829. The molecule has 0 aliphatic heterocycles. The Kier molecular flexibility index (Phi) is 6.06. The van der Waals surface area contributed by atoms with E-state index in [2.05, 4.69) is 27.9 Å². The van der Waals surface area contributed by atoms with Crippen molar-refractivity contribution >= 4 is 46.0 Å². The smallest absolute Gasteiger partial charge is 0.254 e. The quantitative estimate of drug-likeness (QED) is 0.797. The van der Waals surface area contributed by atoms with Crippen LogP contribution in [0.25, 0.3) is 0 Å². The van der Waals surface area contributed by atoms with E-state index in [4.69, 9.17) is 11.6 Å². The van der Waals surface area contributed by atoms with Gasteiger partial charge in [-0.3, -0.25) is 9.59 Å². The van der Waals surface area contributed by atoms with Gasteiger partial charge in [0.15, 0.2) is 0 Å². The van der Waals surface area contributed by atoms with Crippen molar-refractivity contribution < 1.29 is 9.59 Å². The third-order valence-corrected chi connectivity index (χ3v) is 3.92. The number of halogens is 2. The first-order valence-electron chi connectivity index (χ1n) is 5.79. The van der Waals surface area contributed by atoms with Gasteiger partial charge in [-0.15, -0.1) is 0 Å². The van der Waals surface area contributed by atoms with Crippen LogP contribution in [-0.4, -0.2) is 37.4 Å². The Balaban J connectivity index is 2.82. The molecule has 1 aromatic rings. The first-order valence-corrected chi connectivity index (χ1v) is 7.24. The molecule has 4 nitrogen and oxygen atoms in total. The van der Waals surface area contributed by atoms with Crippen molar-refractivity contribution in [2.75, 3.05) is 20.6 Å². The highest BCUT2D eigenvalue weighted by Gasteiger charge is 2.20. The largest absolute Gasteiger partial charge is 0.359 e. The second-order valence-electron chi connectivity index (χ2n) is 4.33. The first-order chi connectivity index (χ1) is 8.86. The Hall–Kier alpha value is -0.820. The summed E-state index contributed by atoms with van der Waals surface area (Å²) in [7, 11) is 3.26. The van der Waals surface area contributed by atoms with Crippen LogP contribution in [0.1, 0.15) is 17.3 Å². The van der Waals surface area contributed by atoms with Crippen LogP contribution in [0.3, 0.4) is 0 Å². The molecular formula is C13H16ClIN2O2. The van der Waals surface area contributed by atoms with Crippen molar-refractivity contribution in [1.82, 2.24) is 10.2 Å². The van der Waals surface area contributed by atoms with Gasteiger partial charge < -0.3 is 10.2 Å². The van der Waals surface area contributed by atoms with E-state index in [0.29, 0.717) is 17.1 Å². The minimum Gasteiger partial charge on any atom is -0.359 e. The Labute approximate surface area is 131 Å². The molecule has 0 aromatic heterocycles. The van der Waals surface area contributed by atoms with Crippen molar-refractivity contribution in [3.05, 3.63) is 32.4 Å². The lowest BCUT2D eigenvalue weighted by molar-refractivity contribution is -0.124. The van der Waals surface area contributed by atoms with Gasteiger partial charge in [-0.1, -0.05) is 18.5 Å². The van der Waals surface area contributed by atoms with Gasteiger partial charge in [-0.05, 0) is 40.8 Å². The van der Waals surface area contributed by atoms with E-state index in [0.717, 1.165) is 3.57 Å². The maximum absolute atomic E-state index is 12.3. The molecule has 0 saturated carbocycles. The number of rotatable bonds is 4. The topological polar surface area (TPSA) is 49.4 Å². The fourth-order valence-corrected chi connectivity index (χ4v) is 2.43. The second kappa shape index (κ2) is 7.09. The molecule has 0 aliphatic carbocycles. The number of hydrogen-bond acceptors (Lipinski definition) is 2. The third kappa shape index (κ3) is 4.35. The molecule has 1 atom stereocenters.